The third-order valence-corrected chi connectivity index (χ3v) is 2.50. The fraction of sp³-hybridized carbons (Fsp3) is 0.250. The van der Waals surface area contributed by atoms with Crippen molar-refractivity contribution < 1.29 is 4.74 Å². The molecule has 1 aromatic carbocycles. The molecule has 0 bridgehead atoms. The van der Waals surface area contributed by atoms with Crippen LogP contribution < -0.4 is 4.74 Å². The van der Waals surface area contributed by atoms with E-state index in [0.29, 0.717) is 0 Å². The van der Waals surface area contributed by atoms with Crippen molar-refractivity contribution in [2.45, 2.75) is 4.44 Å². The molecule has 0 atom stereocenters. The van der Waals surface area contributed by atoms with Crippen molar-refractivity contribution >= 4 is 22.5 Å². The fourth-order valence-corrected chi connectivity index (χ4v) is 1.41. The predicted molar refractivity (Wildman–Crippen MR) is 42.5 cm³/mol. The number of benzene rings is 1. The molecule has 3 radical (unpaired) electrons. The Bertz CT molecular complexity index is 191. The van der Waals surface area contributed by atoms with E-state index in [0.717, 1.165) is 10.2 Å². The normalized spacial score (nSPS) is 9.40. The second-order valence-electron chi connectivity index (χ2n) is 2.03. The third-order valence-electron chi connectivity index (χ3n) is 1.34. The summed E-state index contributed by atoms with van der Waals surface area (Å²) in [6.07, 6.45) is 0. The zero-order valence-corrected chi connectivity index (χ0v) is 8.78. The summed E-state index contributed by atoms with van der Waals surface area (Å²) in [7, 11) is 1.70. The van der Waals surface area contributed by atoms with E-state index < -0.39 is 0 Å². The van der Waals surface area contributed by atoms with Crippen LogP contribution in [0.15, 0.2) is 24.3 Å². The van der Waals surface area contributed by atoms with Crippen LogP contribution in [-0.2, 0) is 4.44 Å². The molecule has 1 nitrogen and oxygen atoms in total. The zero-order valence-electron chi connectivity index (χ0n) is 5.92. The van der Waals surface area contributed by atoms with Crippen LogP contribution in [0.1, 0.15) is 5.56 Å². The molecule has 0 aromatic heterocycles. The Morgan fingerprint density at radius 3 is 2.90 bits per heavy atom. The van der Waals surface area contributed by atoms with Crippen molar-refractivity contribution in [1.29, 1.82) is 0 Å². The molecule has 1 rings (SSSR count). The van der Waals surface area contributed by atoms with Crippen LogP contribution in [0.4, 0.5) is 0 Å². The molecule has 51 valence electrons. The van der Waals surface area contributed by atoms with E-state index in [1.54, 1.807) is 29.6 Å². The summed E-state index contributed by atoms with van der Waals surface area (Å²) in [6.45, 7) is 0. The summed E-state index contributed by atoms with van der Waals surface area (Å²) in [4.78, 5) is 0. The first-order valence-corrected chi connectivity index (χ1v) is 5.16. The van der Waals surface area contributed by atoms with Gasteiger partial charge in [0.15, 0.2) is 0 Å². The molecule has 0 heterocycles. The maximum atomic E-state index is 5.07. The molecule has 0 unspecified atom stereocenters. The first-order chi connectivity index (χ1) is 4.86. The summed E-state index contributed by atoms with van der Waals surface area (Å²) in [6, 6.07) is 8.19. The molecule has 0 aliphatic rings. The summed E-state index contributed by atoms with van der Waals surface area (Å²) < 4.78 is 6.22. The van der Waals surface area contributed by atoms with Gasteiger partial charge in [0, 0.05) is 0 Å². The Hall–Kier alpha value is -0.181. The minimum absolute atomic E-state index is 0.958. The van der Waals surface area contributed by atoms with Crippen molar-refractivity contribution in [2.24, 2.45) is 0 Å². The van der Waals surface area contributed by atoms with Crippen LogP contribution in [0.25, 0.3) is 0 Å². The van der Waals surface area contributed by atoms with Gasteiger partial charge in [-0.2, -0.15) is 0 Å². The maximum absolute atomic E-state index is 5.07. The van der Waals surface area contributed by atoms with Gasteiger partial charge >= 0.3 is 74.4 Å². The average Bonchev–Trinajstić information content (AvgIpc) is 2.05. The molecule has 0 aliphatic carbocycles. The van der Waals surface area contributed by atoms with Gasteiger partial charge in [-0.15, -0.1) is 0 Å². The van der Waals surface area contributed by atoms with E-state index in [4.69, 9.17) is 4.74 Å². The van der Waals surface area contributed by atoms with Crippen LogP contribution in [0.3, 0.4) is 0 Å². The van der Waals surface area contributed by atoms with Gasteiger partial charge in [-0.25, -0.2) is 0 Å². The van der Waals surface area contributed by atoms with Crippen molar-refractivity contribution in [3.05, 3.63) is 29.8 Å². The number of ether oxygens (including phenoxy) is 1. The molecule has 0 spiro atoms. The van der Waals surface area contributed by atoms with Crippen molar-refractivity contribution in [2.75, 3.05) is 7.11 Å². The van der Waals surface area contributed by atoms with Crippen molar-refractivity contribution in [3.63, 3.8) is 0 Å². The van der Waals surface area contributed by atoms with E-state index in [1.165, 1.54) is 5.56 Å². The van der Waals surface area contributed by atoms with Crippen LogP contribution in [0.5, 0.6) is 5.75 Å². The Balaban J connectivity index is 2.87. The quantitative estimate of drug-likeness (QED) is 0.709. The van der Waals surface area contributed by atoms with Gasteiger partial charge in [0.05, 0.1) is 0 Å². The second kappa shape index (κ2) is 3.86. The van der Waals surface area contributed by atoms with Crippen LogP contribution in [-0.4, -0.2) is 29.6 Å². The van der Waals surface area contributed by atoms with Gasteiger partial charge in [-0.05, 0) is 0 Å². The molecular formula is C8H9OSn. The molecule has 2 heteroatoms. The number of hydrogen-bond acceptors (Lipinski definition) is 1. The third kappa shape index (κ3) is 1.90. The second-order valence-corrected chi connectivity index (χ2v) is 3.04. The van der Waals surface area contributed by atoms with Crippen molar-refractivity contribution in [3.8, 4) is 5.75 Å². The Labute approximate surface area is 74.5 Å². The standard InChI is InChI=1S/C8H9O.Sn/c1-7-4-3-5-8(6-7)9-2;/h3-6H,1H2,2H3;. The Kier molecular flexibility index (Phi) is 3.06. The summed E-state index contributed by atoms with van der Waals surface area (Å²) >= 11 is 1.54. The van der Waals surface area contributed by atoms with E-state index in [9.17, 15) is 0 Å². The molecule has 0 N–H and O–H groups in total. The SMILES string of the molecule is COc1cccc([CH2][Sn])c1. The number of hydrogen-bond donors (Lipinski definition) is 0. The van der Waals surface area contributed by atoms with E-state index >= 15 is 0 Å². The molecule has 1 aromatic rings. The first kappa shape index (κ1) is 7.92. The molecule has 0 amide bonds. The molecule has 0 fully saturated rings. The molecule has 0 aliphatic heterocycles. The topological polar surface area (TPSA) is 9.23 Å². The number of methoxy groups -OCH3 is 1. The van der Waals surface area contributed by atoms with E-state index in [1.807, 2.05) is 12.1 Å². The summed E-state index contributed by atoms with van der Waals surface area (Å²) in [5.41, 5.74) is 1.36. The molecule has 0 saturated heterocycles. The van der Waals surface area contributed by atoms with Gasteiger partial charge < -0.3 is 0 Å². The van der Waals surface area contributed by atoms with Gasteiger partial charge in [0.25, 0.3) is 0 Å². The monoisotopic (exact) mass is 241 g/mol. The van der Waals surface area contributed by atoms with Gasteiger partial charge in [-0.1, -0.05) is 0 Å². The van der Waals surface area contributed by atoms with E-state index in [2.05, 4.69) is 12.1 Å². The minimum atomic E-state index is 0.958. The van der Waals surface area contributed by atoms with Crippen molar-refractivity contribution in [1.82, 2.24) is 0 Å². The van der Waals surface area contributed by atoms with E-state index in [-0.39, 0.29) is 0 Å². The molecular weight excluding hydrogens is 231 g/mol. The number of rotatable bonds is 2. The van der Waals surface area contributed by atoms with Gasteiger partial charge in [0.1, 0.15) is 0 Å². The van der Waals surface area contributed by atoms with Gasteiger partial charge in [-0.3, -0.25) is 0 Å². The zero-order chi connectivity index (χ0) is 7.40. The fourth-order valence-electron chi connectivity index (χ4n) is 0.782. The Morgan fingerprint density at radius 2 is 2.30 bits per heavy atom. The van der Waals surface area contributed by atoms with Crippen LogP contribution in [0.2, 0.25) is 0 Å². The molecule has 10 heavy (non-hydrogen) atoms. The first-order valence-electron chi connectivity index (χ1n) is 3.14. The average molecular weight is 240 g/mol. The molecule has 0 saturated carbocycles. The summed E-state index contributed by atoms with van der Waals surface area (Å²) in [5, 5.41) is 0. The predicted octanol–water partition coefficient (Wildman–Crippen LogP) is 1.36. The van der Waals surface area contributed by atoms with Gasteiger partial charge in [0.2, 0.25) is 0 Å². The summed E-state index contributed by atoms with van der Waals surface area (Å²) in [5.74, 6) is 0.958. The Morgan fingerprint density at radius 1 is 1.50 bits per heavy atom. The van der Waals surface area contributed by atoms with Crippen LogP contribution >= 0.6 is 0 Å². The van der Waals surface area contributed by atoms with Crippen LogP contribution in [0, 0.1) is 0 Å².